The number of amides is 1. The number of methoxy groups -OCH3 is 1. The van der Waals surface area contributed by atoms with E-state index in [1.165, 1.54) is 19.2 Å². The van der Waals surface area contributed by atoms with Crippen molar-refractivity contribution in [1.29, 1.82) is 0 Å². The molecule has 1 amide bonds. The predicted molar refractivity (Wildman–Crippen MR) is 141 cm³/mol. The molecule has 10 heteroatoms. The van der Waals surface area contributed by atoms with E-state index < -0.39 is 11.7 Å². The van der Waals surface area contributed by atoms with Gasteiger partial charge in [-0.2, -0.15) is 5.10 Å². The second-order valence-electron chi connectivity index (χ2n) is 11.0. The Morgan fingerprint density at radius 2 is 1.89 bits per heavy atom. The van der Waals surface area contributed by atoms with Gasteiger partial charge in [0.25, 0.3) is 0 Å². The quantitative estimate of drug-likeness (QED) is 0.564. The molecule has 3 aromatic rings. The fourth-order valence-electron chi connectivity index (χ4n) is 5.21. The van der Waals surface area contributed by atoms with E-state index in [-0.39, 0.29) is 0 Å². The molecule has 0 aliphatic carbocycles. The van der Waals surface area contributed by atoms with Gasteiger partial charge in [0.2, 0.25) is 0 Å². The van der Waals surface area contributed by atoms with E-state index in [0.717, 1.165) is 48.6 Å². The lowest BCUT2D eigenvalue weighted by molar-refractivity contribution is 0.0635. The molecule has 192 valence electrons. The van der Waals surface area contributed by atoms with Crippen LogP contribution in [0.4, 0.5) is 22.1 Å². The first-order chi connectivity index (χ1) is 17.1. The number of likely N-dealkylation sites (tertiary alicyclic amines) is 1. The molecule has 0 unspecified atom stereocenters. The molecule has 2 aromatic heterocycles. The number of hydrogen-bond donors (Lipinski definition) is 2. The molecular weight excluding hydrogens is 458 g/mol. The van der Waals surface area contributed by atoms with Crippen molar-refractivity contribution >= 4 is 28.9 Å². The number of nitrogens with two attached hydrogens (primary N) is 1. The Hall–Kier alpha value is -3.53. The molecule has 2 aliphatic heterocycles. The Bertz CT molecular complexity index is 1280. The molecule has 3 N–H and O–H groups in total. The number of fused-ring (bicyclic) bond motifs is 1. The summed E-state index contributed by atoms with van der Waals surface area (Å²) in [5, 5.41) is 7.31. The third-order valence-corrected chi connectivity index (χ3v) is 7.14. The van der Waals surface area contributed by atoms with Gasteiger partial charge in [-0.05, 0) is 77.5 Å². The van der Waals surface area contributed by atoms with E-state index in [9.17, 15) is 4.79 Å². The Balaban J connectivity index is 1.46. The number of hydrogen-bond acceptors (Lipinski definition) is 8. The Morgan fingerprint density at radius 3 is 2.56 bits per heavy atom. The van der Waals surface area contributed by atoms with Crippen molar-refractivity contribution in [2.24, 2.45) is 5.41 Å². The van der Waals surface area contributed by atoms with Crippen LogP contribution >= 0.6 is 0 Å². The van der Waals surface area contributed by atoms with E-state index >= 15 is 0 Å². The number of anilines is 3. The number of ether oxygens (including phenoxy) is 2. The first-order valence-electron chi connectivity index (χ1n) is 12.3. The summed E-state index contributed by atoms with van der Waals surface area (Å²) in [4.78, 5) is 21.3. The summed E-state index contributed by atoms with van der Waals surface area (Å²) in [6.45, 7) is 9.78. The summed E-state index contributed by atoms with van der Waals surface area (Å²) < 4.78 is 12.9. The maximum Gasteiger partial charge on any atom is 0.412 e. The lowest BCUT2D eigenvalue weighted by Gasteiger charge is -2.54. The van der Waals surface area contributed by atoms with Gasteiger partial charge in [0.15, 0.2) is 5.82 Å². The summed E-state index contributed by atoms with van der Waals surface area (Å²) in [7, 11) is 3.76. The van der Waals surface area contributed by atoms with E-state index in [0.29, 0.717) is 22.7 Å². The molecule has 1 aromatic carbocycles. The number of aromatic nitrogens is 3. The highest BCUT2D eigenvalue weighted by molar-refractivity contribution is 5.93. The summed E-state index contributed by atoms with van der Waals surface area (Å²) in [5.41, 5.74) is 9.21. The minimum absolute atomic E-state index is 0.383. The second kappa shape index (κ2) is 8.85. The number of nitrogens with zero attached hydrogens (tertiary/aromatic N) is 5. The minimum atomic E-state index is -0.598. The molecule has 36 heavy (non-hydrogen) atoms. The fourth-order valence-corrected chi connectivity index (χ4v) is 5.21. The lowest BCUT2D eigenvalue weighted by atomic mass is 9.72. The maximum absolute atomic E-state index is 12.3. The first-order valence-corrected chi connectivity index (χ1v) is 12.3. The number of benzene rings is 1. The molecule has 2 saturated heterocycles. The van der Waals surface area contributed by atoms with Crippen molar-refractivity contribution in [3.63, 3.8) is 0 Å². The van der Waals surface area contributed by atoms with Gasteiger partial charge in [-0.25, -0.2) is 14.3 Å². The first kappa shape index (κ1) is 24.2. The van der Waals surface area contributed by atoms with E-state index in [1.54, 1.807) is 13.2 Å². The molecule has 0 saturated carbocycles. The van der Waals surface area contributed by atoms with Crippen molar-refractivity contribution in [2.75, 3.05) is 56.3 Å². The van der Waals surface area contributed by atoms with Crippen molar-refractivity contribution < 1.29 is 14.3 Å². The van der Waals surface area contributed by atoms with E-state index in [1.807, 2.05) is 37.4 Å². The van der Waals surface area contributed by atoms with Crippen molar-refractivity contribution in [1.82, 2.24) is 19.5 Å². The van der Waals surface area contributed by atoms with E-state index in [4.69, 9.17) is 15.2 Å². The van der Waals surface area contributed by atoms with Gasteiger partial charge in [0, 0.05) is 24.1 Å². The molecule has 1 spiro atoms. The van der Waals surface area contributed by atoms with Gasteiger partial charge < -0.3 is 25.0 Å². The highest BCUT2D eigenvalue weighted by Gasteiger charge is 2.45. The van der Waals surface area contributed by atoms with Crippen LogP contribution in [-0.2, 0) is 4.74 Å². The van der Waals surface area contributed by atoms with Crippen molar-refractivity contribution in [2.45, 2.75) is 39.2 Å². The third-order valence-electron chi connectivity index (χ3n) is 7.14. The zero-order valence-corrected chi connectivity index (χ0v) is 21.7. The number of piperidine rings is 1. The number of rotatable bonds is 4. The minimum Gasteiger partial charge on any atom is -0.495 e. The van der Waals surface area contributed by atoms with Gasteiger partial charge in [0.1, 0.15) is 29.0 Å². The molecular formula is C26H35N7O3. The fraction of sp³-hybridized carbons (Fsp3) is 0.500. The molecule has 4 heterocycles. The summed E-state index contributed by atoms with van der Waals surface area (Å²) in [6, 6.07) is 7.73. The lowest BCUT2D eigenvalue weighted by Crippen LogP contribution is -2.60. The number of carbonyl (C=O) groups is 1. The standard InChI is InChI=1S/C26H35N7O3/c1-25(2,3)36-24(34)30-19-7-6-17(12-20(19)35-5)18-13-21(33-22(18)23(27)28-16-29-33)32-14-26(15-32)8-10-31(4)11-9-26/h6-7,12-13,16H,8-11,14-15H2,1-5H3,(H,30,34)(H2,27,28,29). The van der Waals surface area contributed by atoms with Crippen LogP contribution in [0.5, 0.6) is 5.75 Å². The summed E-state index contributed by atoms with van der Waals surface area (Å²) in [5.74, 6) is 1.94. The maximum atomic E-state index is 12.3. The van der Waals surface area contributed by atoms with Crippen LogP contribution in [0.2, 0.25) is 0 Å². The molecule has 0 radical (unpaired) electrons. The molecule has 10 nitrogen and oxygen atoms in total. The van der Waals surface area contributed by atoms with Gasteiger partial charge >= 0.3 is 6.09 Å². The highest BCUT2D eigenvalue weighted by Crippen LogP contribution is 2.45. The number of nitrogens with one attached hydrogen (secondary N) is 1. The predicted octanol–water partition coefficient (Wildman–Crippen LogP) is 3.87. The van der Waals surface area contributed by atoms with Crippen molar-refractivity contribution in [3.05, 3.63) is 30.6 Å². The van der Waals surface area contributed by atoms with Crippen molar-refractivity contribution in [3.8, 4) is 16.9 Å². The van der Waals surface area contributed by atoms with Crippen LogP contribution in [-0.4, -0.2) is 71.5 Å². The Morgan fingerprint density at radius 1 is 1.17 bits per heavy atom. The van der Waals surface area contributed by atoms with E-state index in [2.05, 4.69) is 38.3 Å². The van der Waals surface area contributed by atoms with Crippen LogP contribution in [0.25, 0.3) is 16.6 Å². The van der Waals surface area contributed by atoms with Gasteiger partial charge in [-0.1, -0.05) is 6.07 Å². The zero-order valence-electron chi connectivity index (χ0n) is 21.7. The molecule has 2 aliphatic rings. The molecule has 5 rings (SSSR count). The average molecular weight is 494 g/mol. The molecule has 0 atom stereocenters. The molecule has 0 bridgehead atoms. The average Bonchev–Trinajstić information content (AvgIpc) is 3.18. The normalized spacial score (nSPS) is 17.8. The monoisotopic (exact) mass is 493 g/mol. The van der Waals surface area contributed by atoms with Crippen LogP contribution in [0.1, 0.15) is 33.6 Å². The van der Waals surface area contributed by atoms with Gasteiger partial charge in [-0.3, -0.25) is 5.32 Å². The van der Waals surface area contributed by atoms with Gasteiger partial charge in [0.05, 0.1) is 12.8 Å². The molecule has 2 fully saturated rings. The number of nitrogen functional groups attached to an aromatic ring is 1. The Kier molecular flexibility index (Phi) is 5.94. The van der Waals surface area contributed by atoms with Crippen LogP contribution < -0.4 is 20.7 Å². The topological polar surface area (TPSA) is 110 Å². The van der Waals surface area contributed by atoms with Crippen LogP contribution in [0.3, 0.4) is 0 Å². The summed E-state index contributed by atoms with van der Waals surface area (Å²) >= 11 is 0. The SMILES string of the molecule is COc1cc(-c2cc(N3CC4(CCN(C)CC4)C3)n3ncnc(N)c23)ccc1NC(=O)OC(C)(C)C. The number of carbonyl (C=O) groups excluding carboxylic acids is 1. The summed E-state index contributed by atoms with van der Waals surface area (Å²) in [6.07, 6.45) is 3.39. The van der Waals surface area contributed by atoms with Crippen LogP contribution in [0, 0.1) is 5.41 Å². The Labute approximate surface area is 211 Å². The second-order valence-corrected chi connectivity index (χ2v) is 11.0. The smallest absolute Gasteiger partial charge is 0.412 e. The van der Waals surface area contributed by atoms with Crippen LogP contribution in [0.15, 0.2) is 30.6 Å². The zero-order chi connectivity index (χ0) is 25.7. The van der Waals surface area contributed by atoms with Gasteiger partial charge in [-0.15, -0.1) is 0 Å². The largest absolute Gasteiger partial charge is 0.495 e. The third kappa shape index (κ3) is 4.53. The highest BCUT2D eigenvalue weighted by atomic mass is 16.6.